The summed E-state index contributed by atoms with van der Waals surface area (Å²) in [6.45, 7) is 0.571. The highest BCUT2D eigenvalue weighted by molar-refractivity contribution is 7.21. The molecule has 0 amide bonds. The third-order valence-corrected chi connectivity index (χ3v) is 7.47. The Bertz CT molecular complexity index is 1350. The van der Waals surface area contributed by atoms with E-state index in [0.717, 1.165) is 33.8 Å². The molecular formula is C21H18ClN5O4S. The van der Waals surface area contributed by atoms with Gasteiger partial charge in [0.15, 0.2) is 11.8 Å². The number of nitrogens with zero attached hydrogens (tertiary/aromatic N) is 4. The van der Waals surface area contributed by atoms with Gasteiger partial charge in [-0.1, -0.05) is 11.6 Å². The molecule has 2 N–H and O–H groups in total. The highest BCUT2D eigenvalue weighted by atomic mass is 35.5. The van der Waals surface area contributed by atoms with Crippen molar-refractivity contribution in [3.63, 3.8) is 0 Å². The molecule has 4 atom stereocenters. The number of hydrogen-bond acceptors (Lipinski definition) is 9. The van der Waals surface area contributed by atoms with Gasteiger partial charge in [-0.2, -0.15) is 4.98 Å². The molecule has 4 aromatic rings. The first kappa shape index (κ1) is 19.1. The SMILES string of the molecule is O[C@@H]1COC2C1OC[C@H]2Oc1nc2nc(-c3nc4c(C5CC5)nccc4s3)c(Cl)cc2[nH]1. The quantitative estimate of drug-likeness (QED) is 0.466. The number of hydrogen-bond donors (Lipinski definition) is 2. The Labute approximate surface area is 190 Å². The van der Waals surface area contributed by atoms with Crippen LogP contribution >= 0.6 is 22.9 Å². The number of pyridine rings is 2. The molecule has 0 bridgehead atoms. The van der Waals surface area contributed by atoms with Gasteiger partial charge in [-0.3, -0.25) is 4.98 Å². The number of halogens is 1. The van der Waals surface area contributed by atoms with Crippen LogP contribution in [0.15, 0.2) is 18.3 Å². The predicted molar refractivity (Wildman–Crippen MR) is 117 cm³/mol. The molecule has 2 saturated heterocycles. The van der Waals surface area contributed by atoms with Crippen LogP contribution in [0.1, 0.15) is 24.5 Å². The molecule has 6 heterocycles. The first-order valence-electron chi connectivity index (χ1n) is 10.5. The molecule has 1 aliphatic carbocycles. The van der Waals surface area contributed by atoms with Crippen LogP contribution in [0, 0.1) is 0 Å². The predicted octanol–water partition coefficient (Wildman–Crippen LogP) is 3.07. The normalized spacial score (nSPS) is 27.4. The number of aliphatic hydroxyl groups excluding tert-OH is 1. The zero-order chi connectivity index (χ0) is 21.4. The fourth-order valence-corrected chi connectivity index (χ4v) is 5.69. The maximum absolute atomic E-state index is 9.91. The van der Waals surface area contributed by atoms with Crippen molar-refractivity contribution in [2.24, 2.45) is 0 Å². The molecule has 1 saturated carbocycles. The van der Waals surface area contributed by atoms with Crippen molar-refractivity contribution >= 4 is 44.3 Å². The third kappa shape index (κ3) is 3.01. The van der Waals surface area contributed by atoms with Crippen molar-refractivity contribution in [2.45, 2.75) is 43.2 Å². The van der Waals surface area contributed by atoms with E-state index in [9.17, 15) is 5.11 Å². The largest absolute Gasteiger partial charge is 0.456 e. The number of fused-ring (bicyclic) bond motifs is 3. The van der Waals surface area contributed by atoms with Gasteiger partial charge >= 0.3 is 0 Å². The number of rotatable bonds is 4. The van der Waals surface area contributed by atoms with Crippen molar-refractivity contribution in [1.82, 2.24) is 24.9 Å². The van der Waals surface area contributed by atoms with Crippen LogP contribution in [0.5, 0.6) is 6.01 Å². The molecular weight excluding hydrogens is 454 g/mol. The minimum Gasteiger partial charge on any atom is -0.456 e. The van der Waals surface area contributed by atoms with Gasteiger partial charge in [0, 0.05) is 12.1 Å². The summed E-state index contributed by atoms with van der Waals surface area (Å²) in [7, 11) is 0. The van der Waals surface area contributed by atoms with E-state index in [1.807, 2.05) is 12.3 Å². The summed E-state index contributed by atoms with van der Waals surface area (Å²) in [5.74, 6) is 0.509. The summed E-state index contributed by atoms with van der Waals surface area (Å²) < 4.78 is 18.3. The summed E-state index contributed by atoms with van der Waals surface area (Å²) in [6.07, 6.45) is 2.51. The van der Waals surface area contributed by atoms with Crippen LogP contribution in [-0.2, 0) is 9.47 Å². The lowest BCUT2D eigenvalue weighted by atomic mass is 10.1. The monoisotopic (exact) mass is 471 g/mol. The Morgan fingerprint density at radius 1 is 1.16 bits per heavy atom. The topological polar surface area (TPSA) is 115 Å². The van der Waals surface area contributed by atoms with E-state index in [0.29, 0.717) is 40.4 Å². The number of aromatic amines is 1. The van der Waals surface area contributed by atoms with Gasteiger partial charge in [0.05, 0.1) is 34.1 Å². The second-order valence-electron chi connectivity index (χ2n) is 8.39. The zero-order valence-electron chi connectivity index (χ0n) is 16.7. The smallest absolute Gasteiger partial charge is 0.296 e. The molecule has 2 aliphatic heterocycles. The lowest BCUT2D eigenvalue weighted by Crippen LogP contribution is -2.34. The number of ether oxygens (including phenoxy) is 3. The first-order chi connectivity index (χ1) is 15.6. The number of H-pyrrole nitrogens is 1. The molecule has 164 valence electrons. The van der Waals surface area contributed by atoms with Gasteiger partial charge in [0.25, 0.3) is 6.01 Å². The molecule has 0 spiro atoms. The highest BCUT2D eigenvalue weighted by Crippen LogP contribution is 2.44. The number of nitrogens with one attached hydrogen (secondary N) is 1. The van der Waals surface area contributed by atoms with Gasteiger partial charge in [0.2, 0.25) is 0 Å². The molecule has 0 radical (unpaired) electrons. The lowest BCUT2D eigenvalue weighted by Gasteiger charge is -2.15. The maximum atomic E-state index is 9.91. The van der Waals surface area contributed by atoms with Crippen LogP contribution in [0.25, 0.3) is 32.1 Å². The third-order valence-electron chi connectivity index (χ3n) is 6.15. The van der Waals surface area contributed by atoms with Crippen LogP contribution in [0.3, 0.4) is 0 Å². The highest BCUT2D eigenvalue weighted by Gasteiger charge is 2.48. The van der Waals surface area contributed by atoms with Crippen LogP contribution in [0.4, 0.5) is 0 Å². The van der Waals surface area contributed by atoms with Gasteiger partial charge < -0.3 is 24.3 Å². The molecule has 32 heavy (non-hydrogen) atoms. The Kier molecular flexibility index (Phi) is 4.22. The van der Waals surface area contributed by atoms with Crippen molar-refractivity contribution < 1.29 is 19.3 Å². The van der Waals surface area contributed by atoms with E-state index in [2.05, 4.69) is 19.9 Å². The Morgan fingerprint density at radius 2 is 2.03 bits per heavy atom. The summed E-state index contributed by atoms with van der Waals surface area (Å²) in [5, 5.41) is 11.1. The summed E-state index contributed by atoms with van der Waals surface area (Å²) >= 11 is 8.13. The summed E-state index contributed by atoms with van der Waals surface area (Å²) in [6, 6.07) is 4.08. The average molecular weight is 472 g/mol. The van der Waals surface area contributed by atoms with E-state index < -0.39 is 6.10 Å². The van der Waals surface area contributed by atoms with Crippen molar-refractivity contribution in [3.8, 4) is 16.7 Å². The van der Waals surface area contributed by atoms with Gasteiger partial charge in [-0.25, -0.2) is 9.97 Å². The van der Waals surface area contributed by atoms with Crippen molar-refractivity contribution in [2.75, 3.05) is 13.2 Å². The van der Waals surface area contributed by atoms with Crippen LogP contribution < -0.4 is 4.74 Å². The molecule has 7 rings (SSSR count). The molecule has 4 aromatic heterocycles. The van der Waals surface area contributed by atoms with Crippen molar-refractivity contribution in [3.05, 3.63) is 29.0 Å². The van der Waals surface area contributed by atoms with Crippen LogP contribution in [-0.4, -0.2) is 67.7 Å². The maximum Gasteiger partial charge on any atom is 0.296 e. The summed E-state index contributed by atoms with van der Waals surface area (Å²) in [4.78, 5) is 21.7. The molecule has 11 heteroatoms. The van der Waals surface area contributed by atoms with E-state index in [4.69, 9.17) is 30.8 Å². The standard InChI is InChI=1S/C21H18ClN5O4S/c22-9-5-10-19(27-21(24-10)31-12-7-30-17-11(28)6-29-18(12)17)25-15(9)20-26-16-13(32-20)3-4-23-14(16)8-1-2-8/h3-5,8,11-12,17-18,28H,1-2,6-7H2,(H,24,25,27)/t11-,12-,17?,18?/m1/s1. The minimum atomic E-state index is -0.628. The Morgan fingerprint density at radius 3 is 2.91 bits per heavy atom. The molecule has 9 nitrogen and oxygen atoms in total. The van der Waals surface area contributed by atoms with Gasteiger partial charge in [-0.15, -0.1) is 11.3 Å². The van der Waals surface area contributed by atoms with Crippen LogP contribution in [0.2, 0.25) is 5.02 Å². The number of imidazole rings is 1. The van der Waals surface area contributed by atoms with E-state index >= 15 is 0 Å². The summed E-state index contributed by atoms with van der Waals surface area (Å²) in [5.41, 5.74) is 3.74. The van der Waals surface area contributed by atoms with E-state index in [1.54, 1.807) is 17.4 Å². The van der Waals surface area contributed by atoms with E-state index in [-0.39, 0.29) is 24.9 Å². The minimum absolute atomic E-state index is 0.246. The molecule has 3 fully saturated rings. The fraction of sp³-hybridized carbons (Fsp3) is 0.429. The van der Waals surface area contributed by atoms with Crippen molar-refractivity contribution in [1.29, 1.82) is 0 Å². The zero-order valence-corrected chi connectivity index (χ0v) is 18.3. The van der Waals surface area contributed by atoms with E-state index in [1.165, 1.54) is 0 Å². The number of thiazole rings is 1. The first-order valence-corrected chi connectivity index (χ1v) is 11.7. The number of aliphatic hydroxyl groups is 1. The Balaban J connectivity index is 1.22. The molecule has 3 aliphatic rings. The molecule has 0 aromatic carbocycles. The van der Waals surface area contributed by atoms with Gasteiger partial charge in [0.1, 0.15) is 34.5 Å². The molecule has 2 unspecified atom stereocenters. The lowest BCUT2D eigenvalue weighted by molar-refractivity contribution is 0.00706. The second kappa shape index (κ2) is 7.06. The second-order valence-corrected chi connectivity index (χ2v) is 9.83. The average Bonchev–Trinajstić information content (AvgIpc) is 3.10. The number of aromatic nitrogens is 5. The fourth-order valence-electron chi connectivity index (χ4n) is 4.42. The van der Waals surface area contributed by atoms with Gasteiger partial charge in [-0.05, 0) is 25.0 Å². The Hall–Kier alpha value is -2.37.